The molecule has 0 saturated heterocycles. The van der Waals surface area contributed by atoms with Crippen LogP contribution in [0.4, 0.5) is 14.5 Å². The van der Waals surface area contributed by atoms with E-state index in [2.05, 4.69) is 5.32 Å². The lowest BCUT2D eigenvalue weighted by atomic mass is 10.2. The smallest absolute Gasteiger partial charge is 0.128 e. The number of nitrogens with one attached hydrogen (secondary N) is 1. The van der Waals surface area contributed by atoms with Crippen molar-refractivity contribution in [1.82, 2.24) is 0 Å². The first-order chi connectivity index (χ1) is 8.15. The van der Waals surface area contributed by atoms with Gasteiger partial charge in [-0.2, -0.15) is 0 Å². The molecular formula is C12H11F2NOS. The number of rotatable bonds is 4. The summed E-state index contributed by atoms with van der Waals surface area (Å²) in [4.78, 5) is 0.814. The summed E-state index contributed by atoms with van der Waals surface area (Å²) >= 11 is 1.43. The van der Waals surface area contributed by atoms with Crippen molar-refractivity contribution in [2.24, 2.45) is 0 Å². The summed E-state index contributed by atoms with van der Waals surface area (Å²) in [6.45, 7) is 0.212. The first-order valence-electron chi connectivity index (χ1n) is 5.06. The van der Waals surface area contributed by atoms with Gasteiger partial charge in [-0.05, 0) is 23.6 Å². The minimum absolute atomic E-state index is 0.212. The van der Waals surface area contributed by atoms with Gasteiger partial charge in [0, 0.05) is 23.2 Å². The van der Waals surface area contributed by atoms with Crippen molar-refractivity contribution in [3.05, 3.63) is 52.2 Å². The average Bonchev–Trinajstić information content (AvgIpc) is 2.78. The lowest BCUT2D eigenvalue weighted by Gasteiger charge is -2.11. The highest BCUT2D eigenvalue weighted by molar-refractivity contribution is 7.10. The van der Waals surface area contributed by atoms with Crippen LogP contribution in [0.3, 0.4) is 0 Å². The van der Waals surface area contributed by atoms with Gasteiger partial charge >= 0.3 is 0 Å². The van der Waals surface area contributed by atoms with E-state index in [1.54, 1.807) is 0 Å². The highest BCUT2D eigenvalue weighted by atomic mass is 32.1. The standard InChI is InChI=1S/C12H11F2NOS/c13-8-4-9(14)6-10(5-8)15-7-11(16)12-2-1-3-17-12/h1-6,11,15-16H,7H2. The molecule has 0 radical (unpaired) electrons. The van der Waals surface area contributed by atoms with Gasteiger partial charge in [-0.15, -0.1) is 11.3 Å². The minimum Gasteiger partial charge on any atom is -0.386 e. The van der Waals surface area contributed by atoms with Crippen LogP contribution in [0.5, 0.6) is 0 Å². The zero-order valence-electron chi connectivity index (χ0n) is 8.86. The molecule has 2 aromatic rings. The summed E-state index contributed by atoms with van der Waals surface area (Å²) in [6, 6.07) is 6.82. The number of thiophene rings is 1. The van der Waals surface area contributed by atoms with Gasteiger partial charge in [0.1, 0.15) is 17.7 Å². The van der Waals surface area contributed by atoms with Gasteiger partial charge in [-0.1, -0.05) is 6.07 Å². The van der Waals surface area contributed by atoms with Crippen molar-refractivity contribution in [2.75, 3.05) is 11.9 Å². The number of aliphatic hydroxyl groups is 1. The number of aliphatic hydroxyl groups excluding tert-OH is 1. The highest BCUT2D eigenvalue weighted by Crippen LogP contribution is 2.20. The van der Waals surface area contributed by atoms with Crippen LogP contribution in [0.2, 0.25) is 0 Å². The zero-order chi connectivity index (χ0) is 12.3. The molecule has 2 rings (SSSR count). The van der Waals surface area contributed by atoms with E-state index in [0.29, 0.717) is 5.69 Å². The SMILES string of the molecule is OC(CNc1cc(F)cc(F)c1)c1cccs1. The fraction of sp³-hybridized carbons (Fsp3) is 0.167. The second kappa shape index (κ2) is 5.25. The van der Waals surface area contributed by atoms with Crippen molar-refractivity contribution in [2.45, 2.75) is 6.10 Å². The van der Waals surface area contributed by atoms with Crippen LogP contribution in [0.25, 0.3) is 0 Å². The van der Waals surface area contributed by atoms with Gasteiger partial charge in [-0.25, -0.2) is 8.78 Å². The summed E-state index contributed by atoms with van der Waals surface area (Å²) in [5, 5.41) is 14.4. The molecule has 0 aliphatic rings. The van der Waals surface area contributed by atoms with E-state index >= 15 is 0 Å². The molecule has 0 amide bonds. The second-order valence-corrected chi connectivity index (χ2v) is 4.55. The third-order valence-corrected chi connectivity index (χ3v) is 3.21. The fourth-order valence-electron chi connectivity index (χ4n) is 1.45. The van der Waals surface area contributed by atoms with E-state index in [9.17, 15) is 13.9 Å². The maximum absolute atomic E-state index is 12.9. The predicted molar refractivity (Wildman–Crippen MR) is 64.1 cm³/mol. The number of benzene rings is 1. The zero-order valence-corrected chi connectivity index (χ0v) is 9.68. The second-order valence-electron chi connectivity index (χ2n) is 3.57. The maximum Gasteiger partial charge on any atom is 0.128 e. The van der Waals surface area contributed by atoms with Gasteiger partial charge in [-0.3, -0.25) is 0 Å². The van der Waals surface area contributed by atoms with E-state index < -0.39 is 17.7 Å². The molecule has 1 atom stereocenters. The van der Waals surface area contributed by atoms with Crippen molar-refractivity contribution in [1.29, 1.82) is 0 Å². The van der Waals surface area contributed by atoms with Crippen LogP contribution >= 0.6 is 11.3 Å². The van der Waals surface area contributed by atoms with E-state index in [0.717, 1.165) is 10.9 Å². The monoisotopic (exact) mass is 255 g/mol. The van der Waals surface area contributed by atoms with Gasteiger partial charge in [0.05, 0.1) is 0 Å². The van der Waals surface area contributed by atoms with Gasteiger partial charge in [0.25, 0.3) is 0 Å². The van der Waals surface area contributed by atoms with Crippen molar-refractivity contribution >= 4 is 17.0 Å². The molecule has 1 aromatic heterocycles. The van der Waals surface area contributed by atoms with Crippen LogP contribution < -0.4 is 5.32 Å². The number of hydrogen-bond acceptors (Lipinski definition) is 3. The molecule has 2 nitrogen and oxygen atoms in total. The Morgan fingerprint density at radius 3 is 2.53 bits per heavy atom. The Labute approximate surface area is 102 Å². The summed E-state index contributed by atoms with van der Waals surface area (Å²) < 4.78 is 25.8. The first kappa shape index (κ1) is 12.0. The quantitative estimate of drug-likeness (QED) is 0.879. The lowest BCUT2D eigenvalue weighted by Crippen LogP contribution is -2.11. The molecule has 1 heterocycles. The summed E-state index contributed by atoms with van der Waals surface area (Å²) in [5.41, 5.74) is 0.318. The van der Waals surface area contributed by atoms with Gasteiger partial charge in [0.2, 0.25) is 0 Å². The molecule has 17 heavy (non-hydrogen) atoms. The third-order valence-electron chi connectivity index (χ3n) is 2.23. The van der Waals surface area contributed by atoms with E-state index in [1.807, 2.05) is 17.5 Å². The highest BCUT2D eigenvalue weighted by Gasteiger charge is 2.08. The molecule has 0 aliphatic carbocycles. The molecule has 90 valence electrons. The van der Waals surface area contributed by atoms with Crippen LogP contribution in [0, 0.1) is 11.6 Å². The van der Waals surface area contributed by atoms with Gasteiger partial charge < -0.3 is 10.4 Å². The molecule has 2 N–H and O–H groups in total. The first-order valence-corrected chi connectivity index (χ1v) is 5.94. The molecule has 0 spiro atoms. The topological polar surface area (TPSA) is 32.3 Å². The summed E-state index contributed by atoms with van der Waals surface area (Å²) in [6.07, 6.45) is -0.679. The van der Waals surface area contributed by atoms with Gasteiger partial charge in [0.15, 0.2) is 0 Å². The molecule has 0 bridgehead atoms. The Kier molecular flexibility index (Phi) is 3.71. The maximum atomic E-state index is 12.9. The van der Waals surface area contributed by atoms with Crippen molar-refractivity contribution < 1.29 is 13.9 Å². The predicted octanol–water partition coefficient (Wildman–Crippen LogP) is 3.17. The molecule has 0 saturated carbocycles. The average molecular weight is 255 g/mol. The minimum atomic E-state index is -0.679. The lowest BCUT2D eigenvalue weighted by molar-refractivity contribution is 0.195. The van der Waals surface area contributed by atoms with E-state index in [-0.39, 0.29) is 6.54 Å². The van der Waals surface area contributed by atoms with Crippen LogP contribution in [-0.4, -0.2) is 11.7 Å². The van der Waals surface area contributed by atoms with Crippen molar-refractivity contribution in [3.63, 3.8) is 0 Å². The van der Waals surface area contributed by atoms with E-state index in [4.69, 9.17) is 0 Å². The molecule has 1 aromatic carbocycles. The third kappa shape index (κ3) is 3.25. The molecule has 0 aliphatic heterocycles. The molecule has 1 unspecified atom stereocenters. The number of anilines is 1. The Morgan fingerprint density at radius 1 is 1.24 bits per heavy atom. The largest absolute Gasteiger partial charge is 0.386 e. The normalized spacial score (nSPS) is 12.4. The van der Waals surface area contributed by atoms with E-state index in [1.165, 1.54) is 23.5 Å². The summed E-state index contributed by atoms with van der Waals surface area (Å²) in [7, 11) is 0. The van der Waals surface area contributed by atoms with Crippen LogP contribution in [0.15, 0.2) is 35.7 Å². The molecule has 5 heteroatoms. The fourth-order valence-corrected chi connectivity index (χ4v) is 2.16. The Bertz CT molecular complexity index is 467. The van der Waals surface area contributed by atoms with Crippen molar-refractivity contribution in [3.8, 4) is 0 Å². The molecule has 0 fully saturated rings. The summed E-state index contributed by atoms with van der Waals surface area (Å²) in [5.74, 6) is -1.28. The number of halogens is 2. The van der Waals surface area contributed by atoms with Crippen LogP contribution in [-0.2, 0) is 0 Å². The Morgan fingerprint density at radius 2 is 1.94 bits per heavy atom. The number of hydrogen-bond donors (Lipinski definition) is 2. The molecular weight excluding hydrogens is 244 g/mol. The Balaban J connectivity index is 1.98. The van der Waals surface area contributed by atoms with Crippen LogP contribution in [0.1, 0.15) is 11.0 Å². The Hall–Kier alpha value is -1.46.